The molecule has 0 spiro atoms. The van der Waals surface area contributed by atoms with E-state index in [2.05, 4.69) is 14.5 Å². The highest BCUT2D eigenvalue weighted by Crippen LogP contribution is 2.06. The molecule has 1 heterocycles. The molecule has 0 aliphatic heterocycles. The van der Waals surface area contributed by atoms with E-state index in [0.29, 0.717) is 6.61 Å². The number of nitrogen functional groups attached to an aromatic ring is 1. The number of carbonyl (C=O) groups excluding carboxylic acids is 1. The highest BCUT2D eigenvalue weighted by molar-refractivity contribution is 7.09. The Morgan fingerprint density at radius 1 is 1.79 bits per heavy atom. The summed E-state index contributed by atoms with van der Waals surface area (Å²) in [5.74, 6) is 0.151. The minimum absolute atomic E-state index is 0.0635. The molecule has 1 radical (unpaired) electrons. The third-order valence-corrected chi connectivity index (χ3v) is 1.74. The van der Waals surface area contributed by atoms with Gasteiger partial charge in [-0.05, 0) is 6.42 Å². The second-order valence-electron chi connectivity index (χ2n) is 2.33. The monoisotopic (exact) mass is 213 g/mol. The molecule has 0 aliphatic carbocycles. The van der Waals surface area contributed by atoms with Gasteiger partial charge in [-0.3, -0.25) is 4.79 Å². The molecule has 2 N–H and O–H groups in total. The van der Waals surface area contributed by atoms with E-state index in [4.69, 9.17) is 10.6 Å². The number of oxime groups is 1. The zero-order valence-electron chi connectivity index (χ0n) is 7.56. The van der Waals surface area contributed by atoms with Gasteiger partial charge < -0.3 is 10.6 Å². The molecule has 7 heteroatoms. The zero-order valence-corrected chi connectivity index (χ0v) is 8.37. The first kappa shape index (κ1) is 10.6. The van der Waals surface area contributed by atoms with Gasteiger partial charge in [0.1, 0.15) is 6.61 Å². The molecule has 0 aromatic carbocycles. The van der Waals surface area contributed by atoms with Gasteiger partial charge in [0.25, 0.3) is 6.29 Å². The molecule has 0 unspecified atom stereocenters. The van der Waals surface area contributed by atoms with Gasteiger partial charge >= 0.3 is 0 Å². The van der Waals surface area contributed by atoms with Gasteiger partial charge in [-0.1, -0.05) is 12.1 Å². The maximum atomic E-state index is 10.5. The minimum atomic E-state index is -0.0635. The van der Waals surface area contributed by atoms with E-state index in [1.54, 1.807) is 6.29 Å². The second-order valence-corrected chi connectivity index (χ2v) is 3.11. The quantitative estimate of drug-likeness (QED) is 0.433. The third-order valence-electron chi connectivity index (χ3n) is 1.20. The molecule has 0 amide bonds. The third kappa shape index (κ3) is 2.77. The Morgan fingerprint density at radius 3 is 3.07 bits per heavy atom. The highest BCUT2D eigenvalue weighted by atomic mass is 32.1. The number of hydrogen-bond donors (Lipinski definition) is 1. The van der Waals surface area contributed by atoms with Crippen LogP contribution in [-0.2, 0) is 9.63 Å². The van der Waals surface area contributed by atoms with Crippen LogP contribution in [0.3, 0.4) is 0 Å². The molecule has 0 saturated heterocycles. The molecular formula is C7H9N4O2S. The van der Waals surface area contributed by atoms with E-state index in [0.717, 1.165) is 18.0 Å². The molecular weight excluding hydrogens is 204 g/mol. The molecule has 14 heavy (non-hydrogen) atoms. The van der Waals surface area contributed by atoms with Crippen molar-refractivity contribution in [1.29, 1.82) is 0 Å². The van der Waals surface area contributed by atoms with Crippen LogP contribution < -0.4 is 5.73 Å². The topological polar surface area (TPSA) is 90.5 Å². The summed E-state index contributed by atoms with van der Waals surface area (Å²) in [4.78, 5) is 19.0. The van der Waals surface area contributed by atoms with Crippen LogP contribution in [0.25, 0.3) is 0 Å². The average Bonchev–Trinajstić information content (AvgIpc) is 2.60. The average molecular weight is 213 g/mol. The Hall–Kier alpha value is -1.50. The van der Waals surface area contributed by atoms with Gasteiger partial charge in [-0.25, -0.2) is 0 Å². The predicted molar refractivity (Wildman–Crippen MR) is 52.8 cm³/mol. The van der Waals surface area contributed by atoms with Crippen molar-refractivity contribution in [1.82, 2.24) is 9.36 Å². The van der Waals surface area contributed by atoms with Crippen LogP contribution in [0.4, 0.5) is 5.13 Å². The van der Waals surface area contributed by atoms with E-state index < -0.39 is 0 Å². The van der Waals surface area contributed by atoms with Crippen molar-refractivity contribution in [2.75, 3.05) is 12.3 Å². The molecule has 6 nitrogen and oxygen atoms in total. The molecule has 0 fully saturated rings. The number of nitrogens with two attached hydrogens (primary N) is 1. The largest absolute Gasteiger partial charge is 0.395 e. The second kappa shape index (κ2) is 5.28. The van der Waals surface area contributed by atoms with Crippen LogP contribution in [0.1, 0.15) is 19.2 Å². The zero-order chi connectivity index (χ0) is 10.4. The van der Waals surface area contributed by atoms with Crippen LogP contribution in [-0.4, -0.2) is 28.0 Å². The van der Waals surface area contributed by atoms with Crippen LogP contribution in [0, 0.1) is 0 Å². The van der Waals surface area contributed by atoms with Gasteiger partial charge in [-0.2, -0.15) is 9.36 Å². The van der Waals surface area contributed by atoms with Crippen LogP contribution >= 0.6 is 11.5 Å². The fourth-order valence-electron chi connectivity index (χ4n) is 0.638. The first-order valence-corrected chi connectivity index (χ1v) is 4.73. The molecule has 0 bridgehead atoms. The molecule has 1 aromatic rings. The summed E-state index contributed by atoms with van der Waals surface area (Å²) in [6.45, 7) is 2.36. The maximum absolute atomic E-state index is 10.5. The summed E-state index contributed by atoms with van der Waals surface area (Å²) in [5.41, 5.74) is 5.28. The lowest BCUT2D eigenvalue weighted by atomic mass is 10.4. The molecule has 0 saturated carbocycles. The molecule has 1 rings (SSSR count). The summed E-state index contributed by atoms with van der Waals surface area (Å²) in [5, 5.41) is 3.81. The van der Waals surface area contributed by atoms with Gasteiger partial charge in [0.2, 0.25) is 5.82 Å². The van der Waals surface area contributed by atoms with E-state index in [-0.39, 0.29) is 16.7 Å². The van der Waals surface area contributed by atoms with Crippen molar-refractivity contribution < 1.29 is 9.63 Å². The fourth-order valence-corrected chi connectivity index (χ4v) is 1.07. The Balaban J connectivity index is 2.71. The van der Waals surface area contributed by atoms with Crippen LogP contribution in [0.5, 0.6) is 0 Å². The van der Waals surface area contributed by atoms with E-state index in [1.165, 1.54) is 0 Å². The highest BCUT2D eigenvalue weighted by Gasteiger charge is 2.10. The van der Waals surface area contributed by atoms with Crippen molar-refractivity contribution in [3.63, 3.8) is 0 Å². The fraction of sp³-hybridized carbons (Fsp3) is 0.429. The standard InChI is InChI=1S/C7H9N4O2S/c1-2-3-13-10-5(4-12)6-9-7(8)14-11-6/h2-3H2,1H3,(H2,8,9,11). The van der Waals surface area contributed by atoms with Crippen LogP contribution in [0.2, 0.25) is 0 Å². The van der Waals surface area contributed by atoms with Gasteiger partial charge in [-0.15, -0.1) is 0 Å². The van der Waals surface area contributed by atoms with Gasteiger partial charge in [0, 0.05) is 11.5 Å². The Bertz CT molecular complexity index is 336. The minimum Gasteiger partial charge on any atom is -0.395 e. The first-order chi connectivity index (χ1) is 6.77. The SMILES string of the molecule is CCCON=C([C]=O)c1nsc(N)n1. The normalized spacial score (nSPS) is 11.4. The molecule has 1 aromatic heterocycles. The maximum Gasteiger partial charge on any atom is 0.261 e. The lowest BCUT2D eigenvalue weighted by Crippen LogP contribution is -2.06. The first-order valence-electron chi connectivity index (χ1n) is 3.95. The van der Waals surface area contributed by atoms with Crippen LogP contribution in [0.15, 0.2) is 5.16 Å². The number of hydrogen-bond acceptors (Lipinski definition) is 7. The van der Waals surface area contributed by atoms with Crippen molar-refractivity contribution in [2.24, 2.45) is 5.16 Å². The lowest BCUT2D eigenvalue weighted by Gasteiger charge is -1.94. The van der Waals surface area contributed by atoms with Crippen molar-refractivity contribution in [3.05, 3.63) is 5.82 Å². The van der Waals surface area contributed by atoms with Crippen molar-refractivity contribution >= 4 is 28.7 Å². The Labute approximate surface area is 84.9 Å². The molecule has 75 valence electrons. The van der Waals surface area contributed by atoms with Crippen molar-refractivity contribution in [3.8, 4) is 0 Å². The lowest BCUT2D eigenvalue weighted by molar-refractivity contribution is 0.145. The Morgan fingerprint density at radius 2 is 2.57 bits per heavy atom. The number of rotatable bonds is 5. The smallest absolute Gasteiger partial charge is 0.261 e. The van der Waals surface area contributed by atoms with Gasteiger partial charge in [0.15, 0.2) is 10.8 Å². The summed E-state index contributed by atoms with van der Waals surface area (Å²) in [7, 11) is 0. The summed E-state index contributed by atoms with van der Waals surface area (Å²) in [6.07, 6.45) is 2.40. The summed E-state index contributed by atoms with van der Waals surface area (Å²) >= 11 is 0.989. The Kier molecular flexibility index (Phi) is 3.99. The molecule has 0 aliphatic rings. The van der Waals surface area contributed by atoms with Gasteiger partial charge in [0.05, 0.1) is 0 Å². The van der Waals surface area contributed by atoms with E-state index in [1.807, 2.05) is 6.92 Å². The molecule has 0 atom stereocenters. The summed E-state index contributed by atoms with van der Waals surface area (Å²) in [6, 6.07) is 0. The number of nitrogens with zero attached hydrogens (tertiary/aromatic N) is 3. The van der Waals surface area contributed by atoms with E-state index >= 15 is 0 Å². The van der Waals surface area contributed by atoms with Crippen molar-refractivity contribution in [2.45, 2.75) is 13.3 Å². The predicted octanol–water partition coefficient (Wildman–Crippen LogP) is 0.361. The number of anilines is 1. The summed E-state index contributed by atoms with van der Waals surface area (Å²) < 4.78 is 3.80. The van der Waals surface area contributed by atoms with E-state index in [9.17, 15) is 4.79 Å². The number of aromatic nitrogens is 2.